The highest BCUT2D eigenvalue weighted by molar-refractivity contribution is 6.42. The van der Waals surface area contributed by atoms with Gasteiger partial charge >= 0.3 is 0 Å². The first-order valence-corrected chi connectivity index (χ1v) is 9.62. The predicted octanol–water partition coefficient (Wildman–Crippen LogP) is 5.80. The van der Waals surface area contributed by atoms with Gasteiger partial charge in [0.15, 0.2) is 5.78 Å². The number of Topliss-reactive ketones (excluding diaryl/α,β-unsaturated/α-hetero) is 1. The van der Waals surface area contributed by atoms with Crippen molar-refractivity contribution in [3.05, 3.63) is 74.9 Å². The van der Waals surface area contributed by atoms with Crippen molar-refractivity contribution in [3.8, 4) is 0 Å². The molecule has 0 N–H and O–H groups in total. The molecule has 1 aliphatic heterocycles. The second-order valence-electron chi connectivity index (χ2n) is 6.86. The summed E-state index contributed by atoms with van der Waals surface area (Å²) in [5.41, 5.74) is 1.46. The van der Waals surface area contributed by atoms with Gasteiger partial charge in [-0.15, -0.1) is 0 Å². The van der Waals surface area contributed by atoms with Gasteiger partial charge in [0.05, 0.1) is 15.7 Å². The molecule has 2 aromatic carbocycles. The summed E-state index contributed by atoms with van der Waals surface area (Å²) in [6.07, 6.45) is 1.29. The zero-order valence-electron chi connectivity index (χ0n) is 14.6. The van der Waals surface area contributed by atoms with Crippen molar-refractivity contribution in [2.45, 2.75) is 31.6 Å². The Morgan fingerprint density at radius 2 is 1.82 bits per heavy atom. The van der Waals surface area contributed by atoms with Crippen LogP contribution in [0.2, 0.25) is 10.0 Å². The second kappa shape index (κ2) is 7.30. The van der Waals surface area contributed by atoms with Crippen LogP contribution in [0.1, 0.15) is 37.2 Å². The number of allylic oxidation sites excluding steroid dienone is 2. The average molecular weight is 422 g/mol. The molecule has 0 radical (unpaired) electrons. The van der Waals surface area contributed by atoms with Crippen molar-refractivity contribution < 1.29 is 18.4 Å². The Balaban J connectivity index is 1.91. The Bertz CT molecular complexity index is 1040. The van der Waals surface area contributed by atoms with Crippen LogP contribution in [0.5, 0.6) is 0 Å². The molecular weight excluding hydrogens is 407 g/mol. The van der Waals surface area contributed by atoms with Crippen molar-refractivity contribution in [2.24, 2.45) is 0 Å². The van der Waals surface area contributed by atoms with Crippen molar-refractivity contribution in [3.63, 3.8) is 0 Å². The molecule has 1 amide bonds. The van der Waals surface area contributed by atoms with Crippen LogP contribution in [-0.2, 0) is 9.59 Å². The highest BCUT2D eigenvalue weighted by Gasteiger charge is 2.41. The summed E-state index contributed by atoms with van der Waals surface area (Å²) in [5.74, 6) is -2.59. The number of ketones is 1. The van der Waals surface area contributed by atoms with E-state index in [1.807, 2.05) is 0 Å². The fraction of sp³-hybridized carbons (Fsp3) is 0.238. The summed E-state index contributed by atoms with van der Waals surface area (Å²) in [6, 6.07) is 8.14. The van der Waals surface area contributed by atoms with E-state index in [-0.39, 0.29) is 23.8 Å². The molecule has 0 saturated heterocycles. The third kappa shape index (κ3) is 3.12. The Hall–Kier alpha value is -2.24. The molecule has 1 atom stereocenters. The van der Waals surface area contributed by atoms with Gasteiger partial charge in [0, 0.05) is 36.1 Å². The van der Waals surface area contributed by atoms with Gasteiger partial charge in [0.25, 0.3) is 0 Å². The summed E-state index contributed by atoms with van der Waals surface area (Å²) >= 11 is 12.5. The zero-order valence-corrected chi connectivity index (χ0v) is 16.2. The van der Waals surface area contributed by atoms with E-state index in [4.69, 9.17) is 23.2 Å². The van der Waals surface area contributed by atoms with E-state index in [1.165, 1.54) is 11.0 Å². The largest absolute Gasteiger partial charge is 0.294 e. The summed E-state index contributed by atoms with van der Waals surface area (Å²) in [4.78, 5) is 27.0. The first kappa shape index (κ1) is 19.1. The molecule has 144 valence electrons. The lowest BCUT2D eigenvalue weighted by atomic mass is 9.77. The highest BCUT2D eigenvalue weighted by atomic mass is 35.5. The molecule has 0 bridgehead atoms. The number of carbonyl (C=O) groups is 2. The number of nitrogens with zero attached hydrogens (tertiary/aromatic N) is 1. The second-order valence-corrected chi connectivity index (χ2v) is 7.65. The standard InChI is InChI=1S/C21H15Cl2F2NO2/c22-14-4-1-3-12(21(14)23)13-10-19(28)26(16-8-7-11(24)9-15(16)25)17-5-2-6-18(27)20(13)17/h1,3-4,7-9,13H,2,5-6,10H2/t13-/m1/s1. The van der Waals surface area contributed by atoms with Crippen molar-refractivity contribution in [1.29, 1.82) is 0 Å². The van der Waals surface area contributed by atoms with Gasteiger partial charge in [-0.3, -0.25) is 14.5 Å². The van der Waals surface area contributed by atoms with Crippen molar-refractivity contribution >= 4 is 40.6 Å². The minimum absolute atomic E-state index is 0.0516. The summed E-state index contributed by atoms with van der Waals surface area (Å²) in [5, 5.41) is 0.637. The van der Waals surface area contributed by atoms with Gasteiger partial charge in [0.1, 0.15) is 11.6 Å². The number of anilines is 1. The number of rotatable bonds is 2. The van der Waals surface area contributed by atoms with Gasteiger partial charge in [-0.1, -0.05) is 35.3 Å². The molecule has 0 aromatic heterocycles. The topological polar surface area (TPSA) is 37.4 Å². The Morgan fingerprint density at radius 3 is 2.57 bits per heavy atom. The lowest BCUT2D eigenvalue weighted by molar-refractivity contribution is -0.120. The van der Waals surface area contributed by atoms with E-state index in [2.05, 4.69) is 0 Å². The molecule has 1 aliphatic carbocycles. The molecule has 0 spiro atoms. The Labute approximate surface area is 170 Å². The monoisotopic (exact) mass is 421 g/mol. The quantitative estimate of drug-likeness (QED) is 0.614. The normalized spacial score (nSPS) is 19.9. The first-order chi connectivity index (χ1) is 13.4. The van der Waals surface area contributed by atoms with Crippen LogP contribution in [0.15, 0.2) is 47.7 Å². The van der Waals surface area contributed by atoms with E-state index in [0.29, 0.717) is 46.1 Å². The van der Waals surface area contributed by atoms with E-state index in [1.54, 1.807) is 18.2 Å². The number of halogens is 4. The van der Waals surface area contributed by atoms with Gasteiger partial charge in [-0.25, -0.2) is 8.78 Å². The van der Waals surface area contributed by atoms with E-state index in [9.17, 15) is 18.4 Å². The van der Waals surface area contributed by atoms with Crippen molar-refractivity contribution in [2.75, 3.05) is 4.90 Å². The van der Waals surface area contributed by atoms with Gasteiger partial charge < -0.3 is 0 Å². The third-order valence-electron chi connectivity index (χ3n) is 5.18. The predicted molar refractivity (Wildman–Crippen MR) is 104 cm³/mol. The first-order valence-electron chi connectivity index (χ1n) is 8.86. The van der Waals surface area contributed by atoms with Crippen LogP contribution in [0.3, 0.4) is 0 Å². The zero-order chi connectivity index (χ0) is 20.0. The summed E-state index contributed by atoms with van der Waals surface area (Å²) < 4.78 is 27.8. The smallest absolute Gasteiger partial charge is 0.232 e. The maximum Gasteiger partial charge on any atom is 0.232 e. The summed E-state index contributed by atoms with van der Waals surface area (Å²) in [6.45, 7) is 0. The van der Waals surface area contributed by atoms with Gasteiger partial charge in [0.2, 0.25) is 5.91 Å². The molecule has 0 unspecified atom stereocenters. The fourth-order valence-electron chi connectivity index (χ4n) is 3.99. The van der Waals surface area contributed by atoms with E-state index < -0.39 is 17.6 Å². The average Bonchev–Trinajstić information content (AvgIpc) is 2.65. The van der Waals surface area contributed by atoms with Crippen LogP contribution >= 0.6 is 23.2 Å². The minimum atomic E-state index is -0.850. The molecule has 28 heavy (non-hydrogen) atoms. The fourth-order valence-corrected chi connectivity index (χ4v) is 4.43. The third-order valence-corrected chi connectivity index (χ3v) is 6.02. The molecule has 3 nitrogen and oxygen atoms in total. The van der Waals surface area contributed by atoms with Crippen LogP contribution in [0.25, 0.3) is 0 Å². The molecule has 2 aromatic rings. The lowest BCUT2D eigenvalue weighted by Crippen LogP contribution is -2.41. The summed E-state index contributed by atoms with van der Waals surface area (Å²) in [7, 11) is 0. The molecule has 4 rings (SSSR count). The molecule has 1 heterocycles. The van der Waals surface area contributed by atoms with Gasteiger partial charge in [-0.2, -0.15) is 0 Å². The van der Waals surface area contributed by atoms with Crippen LogP contribution < -0.4 is 4.90 Å². The number of hydrogen-bond acceptors (Lipinski definition) is 2. The molecular formula is C21H15Cl2F2NO2. The van der Waals surface area contributed by atoms with Crippen molar-refractivity contribution in [1.82, 2.24) is 0 Å². The van der Waals surface area contributed by atoms with Crippen LogP contribution in [-0.4, -0.2) is 11.7 Å². The molecule has 0 saturated carbocycles. The van der Waals surface area contributed by atoms with Gasteiger partial charge in [-0.05, 0) is 36.6 Å². The number of amides is 1. The number of hydrogen-bond donors (Lipinski definition) is 0. The SMILES string of the molecule is O=C1CCCC2=C1[C@@H](c1cccc(Cl)c1Cl)CC(=O)N2c1ccc(F)cc1F. The lowest BCUT2D eigenvalue weighted by Gasteiger charge is -2.38. The highest BCUT2D eigenvalue weighted by Crippen LogP contribution is 2.46. The number of benzene rings is 2. The van der Waals surface area contributed by atoms with E-state index >= 15 is 0 Å². The molecule has 2 aliphatic rings. The Morgan fingerprint density at radius 1 is 1.04 bits per heavy atom. The maximum atomic E-state index is 14.4. The molecule has 0 fully saturated rings. The Kier molecular flexibility index (Phi) is 4.98. The maximum absolute atomic E-state index is 14.4. The number of carbonyl (C=O) groups excluding carboxylic acids is 2. The van der Waals surface area contributed by atoms with Crippen LogP contribution in [0.4, 0.5) is 14.5 Å². The van der Waals surface area contributed by atoms with E-state index in [0.717, 1.165) is 12.1 Å². The minimum Gasteiger partial charge on any atom is -0.294 e. The molecule has 7 heteroatoms. The van der Waals surface area contributed by atoms with Crippen LogP contribution in [0, 0.1) is 11.6 Å².